The number of hydrogen-bond acceptors (Lipinski definition) is 3. The molecule has 0 fully saturated rings. The molecule has 5 heteroatoms. The molecular weight excluding hydrogens is 533 g/mol. The summed E-state index contributed by atoms with van der Waals surface area (Å²) in [6, 6.07) is 30.7. The molecule has 2 aliphatic rings. The summed E-state index contributed by atoms with van der Waals surface area (Å²) < 4.78 is 0. The van der Waals surface area contributed by atoms with Gasteiger partial charge in [-0.15, -0.1) is 0 Å². The highest BCUT2D eigenvalue weighted by Crippen LogP contribution is 2.34. The minimum absolute atomic E-state index is 0.0215. The van der Waals surface area contributed by atoms with Crippen molar-refractivity contribution >= 4 is 34.4 Å². The van der Waals surface area contributed by atoms with Crippen molar-refractivity contribution in [2.45, 2.75) is 52.7 Å². The van der Waals surface area contributed by atoms with Crippen LogP contribution in [0, 0.1) is 11.8 Å². The smallest absolute Gasteiger partial charge is 0.307 e. The number of rotatable bonds is 7. The van der Waals surface area contributed by atoms with Gasteiger partial charge in [-0.3, -0.25) is 9.59 Å². The largest absolute Gasteiger partial charge is 0.481 e. The molecule has 2 unspecified atom stereocenters. The number of benzene rings is 3. The summed E-state index contributed by atoms with van der Waals surface area (Å²) >= 11 is 1.82. The monoisotopic (exact) mass is 567 g/mol. The van der Waals surface area contributed by atoms with E-state index >= 15 is 0 Å². The molecule has 40 heavy (non-hydrogen) atoms. The first-order valence-electron chi connectivity index (χ1n) is 13.5. The average Bonchev–Trinajstić information content (AvgIpc) is 3.19. The fourth-order valence-corrected chi connectivity index (χ4v) is 7.54. The molecule has 0 heterocycles. The molecule has 0 aliphatic heterocycles. The Balaban J connectivity index is 0.000000259. The van der Waals surface area contributed by atoms with E-state index in [1.165, 1.54) is 37.0 Å². The second-order valence-electron chi connectivity index (χ2n) is 9.80. The SMILES string of the molecule is CC(=O)C1CC=CCC1C(=O)O.CC1=CC=C(Sc2ccc([S+](c3ccccc3)c3ccccc3)cc2)C=CC1. The van der Waals surface area contributed by atoms with Gasteiger partial charge in [0.15, 0.2) is 14.7 Å². The first-order valence-corrected chi connectivity index (χ1v) is 15.5. The molecule has 0 bridgehead atoms. The predicted molar refractivity (Wildman–Crippen MR) is 167 cm³/mol. The fourth-order valence-electron chi connectivity index (χ4n) is 4.61. The summed E-state index contributed by atoms with van der Waals surface area (Å²) in [4.78, 5) is 28.3. The van der Waals surface area contributed by atoms with E-state index < -0.39 is 11.9 Å². The predicted octanol–water partition coefficient (Wildman–Crippen LogP) is 8.91. The molecule has 2 atom stereocenters. The highest BCUT2D eigenvalue weighted by atomic mass is 32.2. The third-order valence-electron chi connectivity index (χ3n) is 6.78. The Labute approximate surface area is 244 Å². The zero-order valence-corrected chi connectivity index (χ0v) is 24.5. The normalized spacial score (nSPS) is 18.2. The van der Waals surface area contributed by atoms with Crippen molar-refractivity contribution in [3.8, 4) is 0 Å². The third-order valence-corrected chi connectivity index (χ3v) is 10.0. The summed E-state index contributed by atoms with van der Waals surface area (Å²) in [5.41, 5.74) is 1.40. The number of allylic oxidation sites excluding steroid dienone is 7. The van der Waals surface area contributed by atoms with E-state index in [0.29, 0.717) is 12.8 Å². The number of thioether (sulfide) groups is 1. The van der Waals surface area contributed by atoms with Crippen LogP contribution in [0.3, 0.4) is 0 Å². The standard InChI is InChI=1S/C26H23S2.C9H12O3/c1-21-9-8-10-22(16-15-21)27-23-17-19-26(20-18-23)28(24-11-4-2-5-12-24)25-13-6-3-7-14-25;1-6(10)7-4-2-3-5-8(7)9(11)12/h2-8,10-20H,9H2,1H3;2-3,7-8H,4-5H2,1H3,(H,11,12)/q+1;. The molecule has 204 valence electrons. The van der Waals surface area contributed by atoms with Crippen molar-refractivity contribution in [1.82, 2.24) is 0 Å². The van der Waals surface area contributed by atoms with E-state index in [0.717, 1.165) is 6.42 Å². The lowest BCUT2D eigenvalue weighted by molar-refractivity contribution is -0.146. The number of hydrogen-bond donors (Lipinski definition) is 1. The Bertz CT molecular complexity index is 1340. The van der Waals surface area contributed by atoms with Crippen molar-refractivity contribution in [3.05, 3.63) is 132 Å². The lowest BCUT2D eigenvalue weighted by atomic mass is 9.81. The van der Waals surface area contributed by atoms with E-state index in [1.54, 1.807) is 0 Å². The van der Waals surface area contributed by atoms with Crippen LogP contribution in [0.15, 0.2) is 151 Å². The molecule has 5 rings (SSSR count). The van der Waals surface area contributed by atoms with Gasteiger partial charge in [0.05, 0.1) is 16.8 Å². The maximum Gasteiger partial charge on any atom is 0.307 e. The molecule has 3 nitrogen and oxygen atoms in total. The van der Waals surface area contributed by atoms with Gasteiger partial charge < -0.3 is 5.11 Å². The van der Waals surface area contributed by atoms with Crippen LogP contribution in [0.4, 0.5) is 0 Å². The van der Waals surface area contributed by atoms with Crippen molar-refractivity contribution < 1.29 is 14.7 Å². The zero-order valence-electron chi connectivity index (χ0n) is 22.9. The van der Waals surface area contributed by atoms with Crippen molar-refractivity contribution in [3.63, 3.8) is 0 Å². The maximum atomic E-state index is 11.0. The van der Waals surface area contributed by atoms with Gasteiger partial charge in [0.2, 0.25) is 0 Å². The third kappa shape index (κ3) is 8.23. The van der Waals surface area contributed by atoms with E-state index in [-0.39, 0.29) is 22.6 Å². The Kier molecular flexibility index (Phi) is 10.8. The highest BCUT2D eigenvalue weighted by Gasteiger charge is 2.31. The molecule has 0 aromatic heterocycles. The molecular formula is C35H35O3S2+. The lowest BCUT2D eigenvalue weighted by Gasteiger charge is -2.22. The van der Waals surface area contributed by atoms with Gasteiger partial charge in [-0.2, -0.15) is 0 Å². The first kappa shape index (κ1) is 29.4. The molecule has 3 aromatic carbocycles. The van der Waals surface area contributed by atoms with Crippen molar-refractivity contribution in [1.29, 1.82) is 0 Å². The number of ketones is 1. The van der Waals surface area contributed by atoms with E-state index in [4.69, 9.17) is 5.11 Å². The summed E-state index contributed by atoms with van der Waals surface area (Å²) in [6.07, 6.45) is 14.7. The van der Waals surface area contributed by atoms with Gasteiger partial charge in [0.1, 0.15) is 5.78 Å². The zero-order chi connectivity index (χ0) is 28.3. The Morgan fingerprint density at radius 3 is 1.82 bits per heavy atom. The number of carboxylic acid groups (broad SMARTS) is 1. The Hall–Kier alpha value is -3.54. The van der Waals surface area contributed by atoms with Crippen LogP contribution >= 0.6 is 11.8 Å². The number of carbonyl (C=O) groups is 2. The summed E-state index contributed by atoms with van der Waals surface area (Å²) in [7, 11) is -0.0845. The molecule has 0 saturated carbocycles. The number of aliphatic carboxylic acids is 1. The highest BCUT2D eigenvalue weighted by molar-refractivity contribution is 8.03. The maximum absolute atomic E-state index is 11.0. The quantitative estimate of drug-likeness (QED) is 0.229. The summed E-state index contributed by atoms with van der Waals surface area (Å²) in [5.74, 6) is -1.70. The Morgan fingerprint density at radius 2 is 1.30 bits per heavy atom. The molecule has 0 saturated heterocycles. The van der Waals surface area contributed by atoms with Crippen molar-refractivity contribution in [2.24, 2.45) is 11.8 Å². The van der Waals surface area contributed by atoms with Crippen LogP contribution < -0.4 is 0 Å². The number of Topliss-reactive ketones (excluding diaryl/α,β-unsaturated/α-hetero) is 1. The molecule has 0 spiro atoms. The summed E-state index contributed by atoms with van der Waals surface area (Å²) in [6.45, 7) is 3.64. The topological polar surface area (TPSA) is 54.4 Å². The second kappa shape index (κ2) is 14.7. The fraction of sp³-hybridized carbons (Fsp3) is 0.200. The van der Waals surface area contributed by atoms with Crippen LogP contribution in [0.5, 0.6) is 0 Å². The number of carbonyl (C=O) groups excluding carboxylic acids is 1. The first-order chi connectivity index (χ1) is 19.4. The van der Waals surface area contributed by atoms with E-state index in [9.17, 15) is 9.59 Å². The van der Waals surface area contributed by atoms with Gasteiger partial charge in [-0.25, -0.2) is 0 Å². The van der Waals surface area contributed by atoms with Gasteiger partial charge in [0, 0.05) is 15.7 Å². The lowest BCUT2D eigenvalue weighted by Crippen LogP contribution is -2.29. The van der Waals surface area contributed by atoms with Crippen LogP contribution in [-0.2, 0) is 20.5 Å². The molecule has 0 amide bonds. The van der Waals surface area contributed by atoms with Crippen LogP contribution in [0.25, 0.3) is 0 Å². The molecule has 2 aliphatic carbocycles. The molecule has 0 radical (unpaired) electrons. The van der Waals surface area contributed by atoms with Gasteiger partial charge in [-0.05, 0) is 87.7 Å². The average molecular weight is 568 g/mol. The van der Waals surface area contributed by atoms with Crippen LogP contribution in [-0.4, -0.2) is 16.9 Å². The van der Waals surface area contributed by atoms with Gasteiger partial charge in [-0.1, -0.05) is 84.1 Å². The van der Waals surface area contributed by atoms with Gasteiger partial charge in [0.25, 0.3) is 0 Å². The minimum atomic E-state index is -0.862. The van der Waals surface area contributed by atoms with Crippen LogP contribution in [0.1, 0.15) is 33.1 Å². The summed E-state index contributed by atoms with van der Waals surface area (Å²) in [5, 5.41) is 8.77. The van der Waals surface area contributed by atoms with Gasteiger partial charge >= 0.3 is 5.97 Å². The molecule has 3 aromatic rings. The second-order valence-corrected chi connectivity index (χ2v) is 13.0. The van der Waals surface area contributed by atoms with E-state index in [2.05, 4.69) is 116 Å². The van der Waals surface area contributed by atoms with E-state index in [1.807, 2.05) is 23.9 Å². The molecule has 1 N–H and O–H groups in total. The minimum Gasteiger partial charge on any atom is -0.481 e. The number of carboxylic acids is 1. The Morgan fingerprint density at radius 1 is 0.750 bits per heavy atom. The van der Waals surface area contributed by atoms with Crippen LogP contribution in [0.2, 0.25) is 0 Å². The van der Waals surface area contributed by atoms with Crippen molar-refractivity contribution in [2.75, 3.05) is 0 Å².